The van der Waals surface area contributed by atoms with E-state index in [9.17, 15) is 21.6 Å². The molecule has 0 aliphatic carbocycles. The van der Waals surface area contributed by atoms with E-state index in [0.29, 0.717) is 11.3 Å². The van der Waals surface area contributed by atoms with Crippen LogP contribution in [0.3, 0.4) is 0 Å². The van der Waals surface area contributed by atoms with Gasteiger partial charge in [0, 0.05) is 31.2 Å². The highest BCUT2D eigenvalue weighted by Crippen LogP contribution is 2.34. The topological polar surface area (TPSA) is 87.2 Å². The van der Waals surface area contributed by atoms with Crippen LogP contribution >= 0.6 is 0 Å². The van der Waals surface area contributed by atoms with Crippen molar-refractivity contribution in [3.63, 3.8) is 0 Å². The van der Waals surface area contributed by atoms with Crippen LogP contribution in [0.4, 0.5) is 30.6 Å². The summed E-state index contributed by atoms with van der Waals surface area (Å²) in [5.74, 6) is -0.384. The van der Waals surface area contributed by atoms with E-state index in [-0.39, 0.29) is 17.4 Å². The maximum Gasteiger partial charge on any atom is 0.421 e. The molecule has 2 aromatic carbocycles. The van der Waals surface area contributed by atoms with Crippen LogP contribution in [0.1, 0.15) is 36.0 Å². The van der Waals surface area contributed by atoms with E-state index in [1.54, 1.807) is 12.1 Å². The number of piperidine rings is 1. The molecule has 0 radical (unpaired) electrons. The van der Waals surface area contributed by atoms with Crippen molar-refractivity contribution in [3.8, 4) is 0 Å². The summed E-state index contributed by atoms with van der Waals surface area (Å²) in [5, 5.41) is 5.64. The lowest BCUT2D eigenvalue weighted by atomic mass is 10.1. The zero-order valence-electron chi connectivity index (χ0n) is 19.8. The number of nitrogens with one attached hydrogen (secondary N) is 2. The Labute approximate surface area is 208 Å². The lowest BCUT2D eigenvalue weighted by Crippen LogP contribution is -2.29. The maximum atomic E-state index is 13.6. The van der Waals surface area contributed by atoms with E-state index < -0.39 is 27.4 Å². The molecule has 36 heavy (non-hydrogen) atoms. The molecule has 1 aromatic heterocycles. The van der Waals surface area contributed by atoms with E-state index in [4.69, 9.17) is 0 Å². The van der Waals surface area contributed by atoms with Crippen LogP contribution in [0.25, 0.3) is 0 Å². The quantitative estimate of drug-likeness (QED) is 0.421. The van der Waals surface area contributed by atoms with Crippen molar-refractivity contribution in [2.24, 2.45) is 0 Å². The molecule has 3 aromatic rings. The number of hydrogen-bond donors (Lipinski definition) is 2. The number of sulfone groups is 1. The molecule has 2 heterocycles. The number of hydrogen-bond acceptors (Lipinski definition) is 7. The van der Waals surface area contributed by atoms with Crippen molar-refractivity contribution in [2.45, 2.75) is 43.4 Å². The van der Waals surface area contributed by atoms with Gasteiger partial charge in [0.15, 0.2) is 9.84 Å². The molecular formula is C25H28F3N5O2S. The minimum Gasteiger partial charge on any atom is -0.365 e. The summed E-state index contributed by atoms with van der Waals surface area (Å²) in [4.78, 5) is 10.4. The van der Waals surface area contributed by atoms with E-state index in [1.807, 2.05) is 24.3 Å². The van der Waals surface area contributed by atoms with E-state index >= 15 is 0 Å². The Balaban J connectivity index is 1.48. The molecule has 2 N–H and O–H groups in total. The molecule has 1 fully saturated rings. The predicted octanol–water partition coefficient (Wildman–Crippen LogP) is 5.24. The van der Waals surface area contributed by atoms with Crippen LogP contribution in [-0.2, 0) is 29.1 Å². The van der Waals surface area contributed by atoms with E-state index in [2.05, 4.69) is 25.5 Å². The van der Waals surface area contributed by atoms with Gasteiger partial charge in [0.05, 0.1) is 4.90 Å². The fourth-order valence-corrected chi connectivity index (χ4v) is 4.75. The van der Waals surface area contributed by atoms with Crippen molar-refractivity contribution >= 4 is 27.3 Å². The lowest BCUT2D eigenvalue weighted by molar-refractivity contribution is -0.137. The second-order valence-electron chi connectivity index (χ2n) is 8.89. The first-order valence-corrected chi connectivity index (χ1v) is 13.5. The van der Waals surface area contributed by atoms with Gasteiger partial charge in [0.2, 0.25) is 5.95 Å². The normalized spacial score (nSPS) is 15.0. The monoisotopic (exact) mass is 519 g/mol. The molecule has 0 unspecified atom stereocenters. The molecule has 1 aliphatic heterocycles. The number of aromatic nitrogens is 2. The van der Waals surface area contributed by atoms with Crippen molar-refractivity contribution in [3.05, 3.63) is 71.4 Å². The van der Waals surface area contributed by atoms with Crippen molar-refractivity contribution in [2.75, 3.05) is 30.0 Å². The number of alkyl halides is 3. The molecule has 0 saturated carbocycles. The molecule has 11 heteroatoms. The number of rotatable bonds is 8. The first kappa shape index (κ1) is 25.9. The summed E-state index contributed by atoms with van der Waals surface area (Å²) < 4.78 is 64.3. The fourth-order valence-electron chi connectivity index (χ4n) is 4.05. The van der Waals surface area contributed by atoms with Gasteiger partial charge in [-0.1, -0.05) is 30.7 Å². The smallest absolute Gasteiger partial charge is 0.365 e. The van der Waals surface area contributed by atoms with Crippen LogP contribution < -0.4 is 10.6 Å². The van der Waals surface area contributed by atoms with Crippen LogP contribution in [-0.4, -0.2) is 42.6 Å². The number of anilines is 3. The van der Waals surface area contributed by atoms with Gasteiger partial charge in [-0.05, 0) is 61.3 Å². The number of likely N-dealkylation sites (tertiary alicyclic amines) is 1. The molecule has 0 spiro atoms. The van der Waals surface area contributed by atoms with Crippen molar-refractivity contribution in [1.29, 1.82) is 0 Å². The van der Waals surface area contributed by atoms with Crippen LogP contribution in [0, 0.1) is 0 Å². The van der Waals surface area contributed by atoms with Gasteiger partial charge >= 0.3 is 6.18 Å². The van der Waals surface area contributed by atoms with E-state index in [0.717, 1.165) is 37.7 Å². The van der Waals surface area contributed by atoms with Gasteiger partial charge in [-0.3, -0.25) is 4.90 Å². The van der Waals surface area contributed by atoms with Gasteiger partial charge in [0.1, 0.15) is 11.4 Å². The van der Waals surface area contributed by atoms with Gasteiger partial charge in [-0.25, -0.2) is 13.4 Å². The third-order valence-electron chi connectivity index (χ3n) is 5.95. The SMILES string of the molecule is CS(=O)(=O)c1cccc(CNc2nc(Nc3ccc(CN4CCCCC4)cc3)ncc2C(F)(F)F)c1. The molecule has 4 rings (SSSR count). The second-order valence-corrected chi connectivity index (χ2v) is 10.9. The summed E-state index contributed by atoms with van der Waals surface area (Å²) in [6, 6.07) is 13.7. The largest absolute Gasteiger partial charge is 0.421 e. The molecule has 1 aliphatic rings. The fraction of sp³-hybridized carbons (Fsp3) is 0.360. The summed E-state index contributed by atoms with van der Waals surface area (Å²) >= 11 is 0. The predicted molar refractivity (Wildman–Crippen MR) is 133 cm³/mol. The Bertz CT molecular complexity index is 1290. The Morgan fingerprint density at radius 1 is 1.00 bits per heavy atom. The number of nitrogens with zero attached hydrogens (tertiary/aromatic N) is 3. The van der Waals surface area contributed by atoms with Gasteiger partial charge in [-0.15, -0.1) is 0 Å². The number of benzene rings is 2. The standard InChI is InChI=1S/C25H28F3N5O2S/c1-36(34,35)21-7-5-6-19(14-21)15-29-23-22(25(26,27)28)16-30-24(32-23)31-20-10-8-18(9-11-20)17-33-12-3-2-4-13-33/h5-11,14,16H,2-4,12-13,15,17H2,1H3,(H2,29,30,31,32). The molecule has 192 valence electrons. The third kappa shape index (κ3) is 6.94. The Morgan fingerprint density at radius 2 is 1.72 bits per heavy atom. The van der Waals surface area contributed by atoms with Crippen LogP contribution in [0.15, 0.2) is 59.6 Å². The Hall–Kier alpha value is -3.18. The Morgan fingerprint density at radius 3 is 2.39 bits per heavy atom. The average Bonchev–Trinajstić information content (AvgIpc) is 2.84. The van der Waals surface area contributed by atoms with Crippen LogP contribution in [0.2, 0.25) is 0 Å². The minimum atomic E-state index is -4.66. The molecule has 7 nitrogen and oxygen atoms in total. The van der Waals surface area contributed by atoms with E-state index in [1.165, 1.54) is 31.4 Å². The summed E-state index contributed by atoms with van der Waals surface area (Å²) in [6.07, 6.45) is 0.843. The summed E-state index contributed by atoms with van der Waals surface area (Å²) in [5.41, 5.74) is 1.31. The molecule has 0 amide bonds. The second kappa shape index (κ2) is 10.8. The number of halogens is 3. The third-order valence-corrected chi connectivity index (χ3v) is 7.06. The van der Waals surface area contributed by atoms with Crippen LogP contribution in [0.5, 0.6) is 0 Å². The highest BCUT2D eigenvalue weighted by atomic mass is 32.2. The first-order chi connectivity index (χ1) is 17.1. The molecular weight excluding hydrogens is 491 g/mol. The van der Waals surface area contributed by atoms with Gasteiger partial charge < -0.3 is 10.6 Å². The van der Waals surface area contributed by atoms with Gasteiger partial charge in [0.25, 0.3) is 0 Å². The van der Waals surface area contributed by atoms with Crippen molar-refractivity contribution in [1.82, 2.24) is 14.9 Å². The molecule has 1 saturated heterocycles. The highest BCUT2D eigenvalue weighted by Gasteiger charge is 2.35. The molecule has 0 atom stereocenters. The zero-order valence-corrected chi connectivity index (χ0v) is 20.7. The zero-order chi connectivity index (χ0) is 25.8. The molecule has 0 bridgehead atoms. The average molecular weight is 520 g/mol. The minimum absolute atomic E-state index is 0.0131. The first-order valence-electron chi connectivity index (χ1n) is 11.6. The lowest BCUT2D eigenvalue weighted by Gasteiger charge is -2.26. The highest BCUT2D eigenvalue weighted by molar-refractivity contribution is 7.90. The van der Waals surface area contributed by atoms with Crippen molar-refractivity contribution < 1.29 is 21.6 Å². The Kier molecular flexibility index (Phi) is 7.79. The van der Waals surface area contributed by atoms with Gasteiger partial charge in [-0.2, -0.15) is 18.2 Å². The maximum absolute atomic E-state index is 13.6. The summed E-state index contributed by atoms with van der Waals surface area (Å²) in [7, 11) is -3.44. The summed E-state index contributed by atoms with van der Waals surface area (Å²) in [6.45, 7) is 3.00.